The highest BCUT2D eigenvalue weighted by Gasteiger charge is 2.55. The number of aliphatic hydroxyl groups is 1. The summed E-state index contributed by atoms with van der Waals surface area (Å²) in [5.74, 6) is 2.09. The molecule has 35 heavy (non-hydrogen) atoms. The average Bonchev–Trinajstić information content (AvgIpc) is 3.17. The summed E-state index contributed by atoms with van der Waals surface area (Å²) in [5.41, 5.74) is 3.40. The summed E-state index contributed by atoms with van der Waals surface area (Å²) in [6, 6.07) is 1.85. The average molecular weight is 486 g/mol. The van der Waals surface area contributed by atoms with Crippen molar-refractivity contribution in [1.82, 2.24) is 34.3 Å². The van der Waals surface area contributed by atoms with E-state index >= 15 is 0 Å². The third-order valence-corrected chi connectivity index (χ3v) is 8.44. The first-order valence-electron chi connectivity index (χ1n) is 12.6. The fourth-order valence-electron chi connectivity index (χ4n) is 6.13. The second kappa shape index (κ2) is 8.17. The minimum absolute atomic E-state index is 0.133. The van der Waals surface area contributed by atoms with Gasteiger partial charge in [-0.2, -0.15) is 10.2 Å². The van der Waals surface area contributed by atoms with Gasteiger partial charge in [-0.1, -0.05) is 12.3 Å². The van der Waals surface area contributed by atoms with Crippen molar-refractivity contribution in [2.45, 2.75) is 70.1 Å². The molecule has 2 saturated heterocycles. The lowest BCUT2D eigenvalue weighted by atomic mass is 9.60. The molecular weight excluding hydrogens is 452 g/mol. The number of aryl methyl sites for hydroxylation is 1. The molecule has 0 radical (unpaired) electrons. The number of likely N-dealkylation sites (tertiary alicyclic amines) is 2. The van der Waals surface area contributed by atoms with Crippen molar-refractivity contribution < 1.29 is 13.9 Å². The highest BCUT2D eigenvalue weighted by molar-refractivity contribution is 5.15. The molecule has 2 aromatic rings. The molecule has 2 aliphatic heterocycles. The fourth-order valence-corrected chi connectivity index (χ4v) is 6.13. The van der Waals surface area contributed by atoms with Crippen LogP contribution in [0.5, 0.6) is 0 Å². The summed E-state index contributed by atoms with van der Waals surface area (Å²) >= 11 is 0. The molecule has 0 aromatic carbocycles. The number of alkyl halides is 2. The van der Waals surface area contributed by atoms with Crippen LogP contribution < -0.4 is 0 Å². The highest BCUT2D eigenvalue weighted by atomic mass is 19.3. The monoisotopic (exact) mass is 485 g/mol. The molecule has 0 amide bonds. The fraction of sp³-hybridized carbons (Fsp3) is 0.680. The number of aromatic nitrogens is 5. The van der Waals surface area contributed by atoms with E-state index in [1.54, 1.807) is 11.0 Å². The van der Waals surface area contributed by atoms with E-state index in [0.717, 1.165) is 76.2 Å². The summed E-state index contributed by atoms with van der Waals surface area (Å²) in [7, 11) is 0. The van der Waals surface area contributed by atoms with Gasteiger partial charge in [0.05, 0.1) is 6.04 Å². The van der Waals surface area contributed by atoms with Gasteiger partial charge in [0.15, 0.2) is 5.82 Å². The number of rotatable bonds is 7. The van der Waals surface area contributed by atoms with Crippen LogP contribution in [0.3, 0.4) is 0 Å². The molecule has 6 rings (SSSR count). The summed E-state index contributed by atoms with van der Waals surface area (Å²) in [6.07, 6.45) is 4.94. The van der Waals surface area contributed by atoms with E-state index in [1.165, 1.54) is 6.07 Å². The number of nitrogens with zero attached hydrogens (tertiary/aromatic N) is 7. The first kappa shape index (κ1) is 22.7. The van der Waals surface area contributed by atoms with Crippen molar-refractivity contribution in [2.24, 2.45) is 11.3 Å². The topological polar surface area (TPSA) is 75.2 Å². The van der Waals surface area contributed by atoms with Crippen LogP contribution in [0, 0.1) is 18.3 Å². The molecule has 4 heterocycles. The first-order valence-corrected chi connectivity index (χ1v) is 12.6. The molecule has 8 nitrogen and oxygen atoms in total. The Balaban J connectivity index is 0.984. The van der Waals surface area contributed by atoms with Gasteiger partial charge < -0.3 is 14.9 Å². The van der Waals surface area contributed by atoms with Crippen LogP contribution in [-0.4, -0.2) is 65.6 Å². The van der Waals surface area contributed by atoms with Crippen LogP contribution in [0.2, 0.25) is 0 Å². The zero-order valence-corrected chi connectivity index (χ0v) is 20.2. The molecule has 2 aliphatic carbocycles. The van der Waals surface area contributed by atoms with Crippen LogP contribution >= 0.6 is 0 Å². The van der Waals surface area contributed by atoms with Crippen molar-refractivity contribution in [3.05, 3.63) is 47.7 Å². The second-order valence-corrected chi connectivity index (χ2v) is 11.1. The molecule has 0 unspecified atom stereocenters. The van der Waals surface area contributed by atoms with Gasteiger partial charge in [-0.25, -0.2) is 18.4 Å². The lowest BCUT2D eigenvalue weighted by molar-refractivity contribution is -0.0881. The van der Waals surface area contributed by atoms with Gasteiger partial charge >= 0.3 is 0 Å². The molecule has 10 heteroatoms. The second-order valence-electron chi connectivity index (χ2n) is 11.1. The van der Waals surface area contributed by atoms with E-state index in [-0.39, 0.29) is 5.69 Å². The SMILES string of the molecule is C=C=C(N1CCC(Cn2nc(C(F)F)cc2C)CC1)N1CC2(CC(n3cnc(C4(O)CC4)n3)C2)C1. The molecule has 4 aliphatic rings. The van der Waals surface area contributed by atoms with E-state index in [9.17, 15) is 13.9 Å². The third kappa shape index (κ3) is 4.06. The van der Waals surface area contributed by atoms with E-state index in [4.69, 9.17) is 0 Å². The van der Waals surface area contributed by atoms with Crippen LogP contribution in [-0.2, 0) is 12.1 Å². The summed E-state index contributed by atoms with van der Waals surface area (Å²) < 4.78 is 29.6. The standard InChI is InChI=1S/C25H33F2N7O/c1-3-21(31-8-4-18(5-9-31)13-33-17(2)10-20(29-33)22(26)27)32-14-24(15-32)11-19(12-24)34-16-28-23(30-34)25(35)6-7-25/h10,16,18-19,22,35H,1,4-9,11-15H2,2H3. The normalized spacial score (nSPS) is 23.3. The van der Waals surface area contributed by atoms with Crippen LogP contribution in [0.1, 0.15) is 68.2 Å². The van der Waals surface area contributed by atoms with Gasteiger partial charge in [-0.05, 0) is 57.4 Å². The van der Waals surface area contributed by atoms with Gasteiger partial charge in [-0.3, -0.25) is 4.68 Å². The Morgan fingerprint density at radius 2 is 1.91 bits per heavy atom. The van der Waals surface area contributed by atoms with Crippen molar-refractivity contribution in [3.63, 3.8) is 0 Å². The number of hydrogen-bond donors (Lipinski definition) is 1. The lowest BCUT2D eigenvalue weighted by Crippen LogP contribution is -2.63. The van der Waals surface area contributed by atoms with Gasteiger partial charge in [0.2, 0.25) is 0 Å². The maximum atomic E-state index is 13.0. The molecule has 1 spiro atoms. The van der Waals surface area contributed by atoms with Gasteiger partial charge in [0, 0.05) is 43.8 Å². The smallest absolute Gasteiger partial charge is 0.282 e. The largest absolute Gasteiger partial charge is 0.382 e. The van der Waals surface area contributed by atoms with Crippen LogP contribution in [0.25, 0.3) is 0 Å². The van der Waals surface area contributed by atoms with E-state index < -0.39 is 12.0 Å². The Hall–Kier alpha value is -2.71. The Labute approximate surface area is 203 Å². The first-order chi connectivity index (χ1) is 16.8. The predicted octanol–water partition coefficient (Wildman–Crippen LogP) is 3.38. The van der Waals surface area contributed by atoms with E-state index in [2.05, 4.69) is 37.3 Å². The molecule has 0 atom stereocenters. The summed E-state index contributed by atoms with van der Waals surface area (Å²) in [6.45, 7) is 10.4. The molecule has 1 N–H and O–H groups in total. The zero-order valence-electron chi connectivity index (χ0n) is 20.2. The predicted molar refractivity (Wildman–Crippen MR) is 124 cm³/mol. The van der Waals surface area contributed by atoms with Crippen molar-refractivity contribution in [1.29, 1.82) is 0 Å². The Morgan fingerprint density at radius 3 is 2.51 bits per heavy atom. The van der Waals surface area contributed by atoms with Crippen molar-refractivity contribution in [3.8, 4) is 0 Å². The van der Waals surface area contributed by atoms with Crippen LogP contribution in [0.15, 0.2) is 30.5 Å². The molecule has 0 bridgehead atoms. The minimum Gasteiger partial charge on any atom is -0.382 e. The Morgan fingerprint density at radius 1 is 1.20 bits per heavy atom. The number of hydrogen-bond acceptors (Lipinski definition) is 6. The maximum Gasteiger partial charge on any atom is 0.282 e. The maximum absolute atomic E-state index is 13.0. The molecule has 2 aromatic heterocycles. The molecule has 188 valence electrons. The Kier molecular flexibility index (Phi) is 5.30. The van der Waals surface area contributed by atoms with Crippen LogP contribution in [0.4, 0.5) is 8.78 Å². The third-order valence-electron chi connectivity index (χ3n) is 8.44. The molecule has 4 fully saturated rings. The van der Waals surface area contributed by atoms with E-state index in [0.29, 0.717) is 29.7 Å². The summed E-state index contributed by atoms with van der Waals surface area (Å²) in [4.78, 5) is 9.08. The van der Waals surface area contributed by atoms with Gasteiger partial charge in [0.1, 0.15) is 23.4 Å². The van der Waals surface area contributed by atoms with E-state index in [1.807, 2.05) is 11.6 Å². The molecular formula is C25H33F2N7O. The lowest BCUT2D eigenvalue weighted by Gasteiger charge is -2.60. The minimum atomic E-state index is -2.52. The van der Waals surface area contributed by atoms with Crippen molar-refractivity contribution in [2.75, 3.05) is 26.2 Å². The van der Waals surface area contributed by atoms with Crippen molar-refractivity contribution >= 4 is 0 Å². The quantitative estimate of drug-likeness (QED) is 0.606. The zero-order chi connectivity index (χ0) is 24.4. The van der Waals surface area contributed by atoms with Gasteiger partial charge in [0.25, 0.3) is 6.43 Å². The Bertz CT molecular complexity index is 1140. The van der Waals surface area contributed by atoms with Gasteiger partial charge in [-0.15, -0.1) is 0 Å². The number of piperidine rings is 1. The summed E-state index contributed by atoms with van der Waals surface area (Å²) in [5, 5.41) is 18.9. The highest BCUT2D eigenvalue weighted by Crippen LogP contribution is 2.55. The molecule has 2 saturated carbocycles. The number of halogens is 2.